The summed E-state index contributed by atoms with van der Waals surface area (Å²) in [7, 11) is 0. The second-order valence-corrected chi connectivity index (χ2v) is 3.23. The molecule has 2 rings (SSSR count). The molecule has 14 heavy (non-hydrogen) atoms. The van der Waals surface area contributed by atoms with E-state index < -0.39 is 0 Å². The van der Waals surface area contributed by atoms with Crippen LogP contribution < -0.4 is 5.73 Å². The standard InChI is InChI=1S/C11H12N2O/c1-8(12)10-4-5-11(14-10)9-3-2-6-13-7-9/h2-8H,12H2,1H3. The van der Waals surface area contributed by atoms with Crippen molar-refractivity contribution in [2.75, 3.05) is 0 Å². The highest BCUT2D eigenvalue weighted by atomic mass is 16.3. The van der Waals surface area contributed by atoms with E-state index in [1.807, 2.05) is 31.2 Å². The van der Waals surface area contributed by atoms with Gasteiger partial charge in [0.15, 0.2) is 0 Å². The zero-order valence-corrected chi connectivity index (χ0v) is 7.97. The van der Waals surface area contributed by atoms with Crippen molar-refractivity contribution in [1.29, 1.82) is 0 Å². The van der Waals surface area contributed by atoms with Gasteiger partial charge in [-0.15, -0.1) is 0 Å². The molecule has 0 saturated carbocycles. The molecule has 0 aromatic carbocycles. The molecule has 0 bridgehead atoms. The van der Waals surface area contributed by atoms with Crippen molar-refractivity contribution in [3.8, 4) is 11.3 Å². The molecule has 2 aromatic heterocycles. The van der Waals surface area contributed by atoms with Gasteiger partial charge in [-0.3, -0.25) is 4.98 Å². The summed E-state index contributed by atoms with van der Waals surface area (Å²) >= 11 is 0. The van der Waals surface area contributed by atoms with Gasteiger partial charge in [-0.2, -0.15) is 0 Å². The summed E-state index contributed by atoms with van der Waals surface area (Å²) in [5.41, 5.74) is 6.67. The second-order valence-electron chi connectivity index (χ2n) is 3.23. The number of aromatic nitrogens is 1. The molecule has 0 saturated heterocycles. The predicted molar refractivity (Wildman–Crippen MR) is 54.5 cm³/mol. The topological polar surface area (TPSA) is 52.0 Å². The second kappa shape index (κ2) is 3.64. The lowest BCUT2D eigenvalue weighted by atomic mass is 10.2. The van der Waals surface area contributed by atoms with E-state index >= 15 is 0 Å². The molecule has 1 unspecified atom stereocenters. The predicted octanol–water partition coefficient (Wildman–Crippen LogP) is 2.36. The number of pyridine rings is 1. The Labute approximate surface area is 82.6 Å². The Bertz CT molecular complexity index is 406. The minimum atomic E-state index is -0.0691. The van der Waals surface area contributed by atoms with Crippen LogP contribution in [0.2, 0.25) is 0 Å². The Morgan fingerprint density at radius 1 is 1.36 bits per heavy atom. The van der Waals surface area contributed by atoms with Gasteiger partial charge in [0.1, 0.15) is 11.5 Å². The summed E-state index contributed by atoms with van der Waals surface area (Å²) in [4.78, 5) is 4.02. The van der Waals surface area contributed by atoms with Gasteiger partial charge in [-0.05, 0) is 31.2 Å². The van der Waals surface area contributed by atoms with Crippen LogP contribution in [0, 0.1) is 0 Å². The average Bonchev–Trinajstić information content (AvgIpc) is 2.68. The number of nitrogens with two attached hydrogens (primary N) is 1. The fraction of sp³-hybridized carbons (Fsp3) is 0.182. The Morgan fingerprint density at radius 2 is 2.21 bits per heavy atom. The van der Waals surface area contributed by atoms with Gasteiger partial charge in [-0.25, -0.2) is 0 Å². The van der Waals surface area contributed by atoms with Gasteiger partial charge in [0, 0.05) is 18.0 Å². The van der Waals surface area contributed by atoms with E-state index in [0.29, 0.717) is 0 Å². The molecule has 2 N–H and O–H groups in total. The SMILES string of the molecule is CC(N)c1ccc(-c2cccnc2)o1. The van der Waals surface area contributed by atoms with Crippen LogP contribution >= 0.6 is 0 Å². The molecule has 1 atom stereocenters. The zero-order chi connectivity index (χ0) is 9.97. The molecule has 3 nitrogen and oxygen atoms in total. The van der Waals surface area contributed by atoms with Crippen molar-refractivity contribution >= 4 is 0 Å². The molecule has 0 spiro atoms. The maximum Gasteiger partial charge on any atom is 0.135 e. The monoisotopic (exact) mass is 188 g/mol. The van der Waals surface area contributed by atoms with Crippen LogP contribution in [0.25, 0.3) is 11.3 Å². The van der Waals surface area contributed by atoms with Crippen LogP contribution in [-0.2, 0) is 0 Å². The fourth-order valence-electron chi connectivity index (χ4n) is 1.26. The van der Waals surface area contributed by atoms with E-state index in [1.165, 1.54) is 0 Å². The highest BCUT2D eigenvalue weighted by Gasteiger charge is 2.07. The van der Waals surface area contributed by atoms with Crippen molar-refractivity contribution in [3.63, 3.8) is 0 Å². The largest absolute Gasteiger partial charge is 0.459 e. The van der Waals surface area contributed by atoms with Gasteiger partial charge in [0.2, 0.25) is 0 Å². The van der Waals surface area contributed by atoms with Crippen molar-refractivity contribution in [2.24, 2.45) is 5.73 Å². The molecular formula is C11H12N2O. The number of furan rings is 1. The van der Waals surface area contributed by atoms with E-state index in [4.69, 9.17) is 10.2 Å². The lowest BCUT2D eigenvalue weighted by Crippen LogP contribution is -2.02. The van der Waals surface area contributed by atoms with Crippen molar-refractivity contribution in [3.05, 3.63) is 42.4 Å². The van der Waals surface area contributed by atoms with Gasteiger partial charge < -0.3 is 10.2 Å². The van der Waals surface area contributed by atoms with E-state index in [-0.39, 0.29) is 6.04 Å². The number of hydrogen-bond acceptors (Lipinski definition) is 3. The van der Waals surface area contributed by atoms with Gasteiger partial charge in [0.05, 0.1) is 6.04 Å². The van der Waals surface area contributed by atoms with Gasteiger partial charge in [-0.1, -0.05) is 0 Å². The van der Waals surface area contributed by atoms with E-state index in [2.05, 4.69) is 4.98 Å². The highest BCUT2D eigenvalue weighted by Crippen LogP contribution is 2.23. The summed E-state index contributed by atoms with van der Waals surface area (Å²) in [6.45, 7) is 1.89. The van der Waals surface area contributed by atoms with E-state index in [9.17, 15) is 0 Å². The summed E-state index contributed by atoms with van der Waals surface area (Å²) in [6, 6.07) is 7.57. The molecule has 0 radical (unpaired) electrons. The molecule has 0 aliphatic rings. The van der Waals surface area contributed by atoms with Crippen LogP contribution in [0.1, 0.15) is 18.7 Å². The Hall–Kier alpha value is -1.61. The molecule has 0 aliphatic carbocycles. The minimum absolute atomic E-state index is 0.0691. The number of rotatable bonds is 2. The number of nitrogens with zero attached hydrogens (tertiary/aromatic N) is 1. The lowest BCUT2D eigenvalue weighted by Gasteiger charge is -1.99. The van der Waals surface area contributed by atoms with Crippen LogP contribution in [0.3, 0.4) is 0 Å². The van der Waals surface area contributed by atoms with Crippen molar-refractivity contribution in [1.82, 2.24) is 4.98 Å². The van der Waals surface area contributed by atoms with E-state index in [0.717, 1.165) is 17.1 Å². The molecule has 2 aromatic rings. The minimum Gasteiger partial charge on any atom is -0.459 e. The number of hydrogen-bond donors (Lipinski definition) is 1. The fourth-order valence-corrected chi connectivity index (χ4v) is 1.26. The third-order valence-electron chi connectivity index (χ3n) is 2.02. The first kappa shape index (κ1) is 8.97. The summed E-state index contributed by atoms with van der Waals surface area (Å²) in [5, 5.41) is 0. The van der Waals surface area contributed by atoms with Crippen LogP contribution in [0.15, 0.2) is 41.1 Å². The maximum atomic E-state index is 5.70. The summed E-state index contributed by atoms with van der Waals surface area (Å²) < 4.78 is 5.57. The normalized spacial score (nSPS) is 12.7. The van der Waals surface area contributed by atoms with E-state index in [1.54, 1.807) is 12.4 Å². The molecule has 0 amide bonds. The van der Waals surface area contributed by atoms with Crippen molar-refractivity contribution < 1.29 is 4.42 Å². The molecule has 2 heterocycles. The van der Waals surface area contributed by atoms with Crippen LogP contribution in [0.4, 0.5) is 0 Å². The smallest absolute Gasteiger partial charge is 0.135 e. The Balaban J connectivity index is 2.34. The zero-order valence-electron chi connectivity index (χ0n) is 7.97. The third-order valence-corrected chi connectivity index (χ3v) is 2.02. The van der Waals surface area contributed by atoms with Crippen LogP contribution in [0.5, 0.6) is 0 Å². The maximum absolute atomic E-state index is 5.70. The first-order valence-electron chi connectivity index (χ1n) is 4.53. The summed E-state index contributed by atoms with van der Waals surface area (Å²) in [5.74, 6) is 1.61. The highest BCUT2D eigenvalue weighted by molar-refractivity contribution is 5.55. The van der Waals surface area contributed by atoms with Gasteiger partial charge in [0.25, 0.3) is 0 Å². The molecule has 72 valence electrons. The van der Waals surface area contributed by atoms with Gasteiger partial charge >= 0.3 is 0 Å². The van der Waals surface area contributed by atoms with Crippen LogP contribution in [-0.4, -0.2) is 4.98 Å². The Kier molecular flexibility index (Phi) is 2.33. The molecule has 0 aliphatic heterocycles. The molecular weight excluding hydrogens is 176 g/mol. The first-order chi connectivity index (χ1) is 6.77. The third kappa shape index (κ3) is 1.67. The average molecular weight is 188 g/mol. The summed E-state index contributed by atoms with van der Waals surface area (Å²) in [6.07, 6.45) is 3.50. The molecule has 3 heteroatoms. The molecule has 0 fully saturated rings. The lowest BCUT2D eigenvalue weighted by molar-refractivity contribution is 0.491. The quantitative estimate of drug-likeness (QED) is 0.787. The first-order valence-corrected chi connectivity index (χ1v) is 4.53. The Morgan fingerprint density at radius 3 is 2.79 bits per heavy atom. The van der Waals surface area contributed by atoms with Crippen molar-refractivity contribution in [2.45, 2.75) is 13.0 Å².